The summed E-state index contributed by atoms with van der Waals surface area (Å²) in [4.78, 5) is 32.4. The van der Waals surface area contributed by atoms with E-state index in [9.17, 15) is 9.59 Å². The van der Waals surface area contributed by atoms with Crippen LogP contribution in [0.1, 0.15) is 22.8 Å². The van der Waals surface area contributed by atoms with Gasteiger partial charge in [-0.1, -0.05) is 17.7 Å². The van der Waals surface area contributed by atoms with E-state index in [0.29, 0.717) is 38.3 Å². The van der Waals surface area contributed by atoms with Crippen LogP contribution in [-0.2, 0) is 4.74 Å². The van der Waals surface area contributed by atoms with Crippen molar-refractivity contribution in [3.63, 3.8) is 0 Å². The zero-order chi connectivity index (χ0) is 21.8. The molecule has 1 saturated heterocycles. The van der Waals surface area contributed by atoms with E-state index >= 15 is 0 Å². The minimum Gasteiger partial charge on any atom is -0.450 e. The van der Waals surface area contributed by atoms with E-state index in [-0.39, 0.29) is 12.0 Å². The molecule has 8 heteroatoms. The molecule has 0 unspecified atom stereocenters. The summed E-state index contributed by atoms with van der Waals surface area (Å²) in [6.45, 7) is 6.06. The maximum atomic E-state index is 12.8. The second-order valence-corrected chi connectivity index (χ2v) is 7.42. The van der Waals surface area contributed by atoms with Crippen molar-refractivity contribution in [2.75, 3.05) is 32.8 Å². The van der Waals surface area contributed by atoms with Crippen LogP contribution in [0.2, 0.25) is 0 Å². The predicted molar refractivity (Wildman–Crippen MR) is 116 cm³/mol. The average Bonchev–Trinajstić information content (AvgIpc) is 3.30. The highest BCUT2D eigenvalue weighted by atomic mass is 16.6. The van der Waals surface area contributed by atoms with Crippen molar-refractivity contribution in [3.05, 3.63) is 66.1 Å². The van der Waals surface area contributed by atoms with Crippen LogP contribution in [0.15, 0.2) is 55.0 Å². The Balaban J connectivity index is 1.40. The van der Waals surface area contributed by atoms with Crippen LogP contribution in [0.25, 0.3) is 16.9 Å². The van der Waals surface area contributed by atoms with Crippen LogP contribution < -0.4 is 0 Å². The number of ether oxygens (including phenoxy) is 1. The van der Waals surface area contributed by atoms with Crippen LogP contribution in [0, 0.1) is 6.92 Å². The number of aromatic nitrogens is 3. The third kappa shape index (κ3) is 4.58. The van der Waals surface area contributed by atoms with Crippen molar-refractivity contribution in [1.82, 2.24) is 24.6 Å². The Morgan fingerprint density at radius 3 is 2.32 bits per heavy atom. The van der Waals surface area contributed by atoms with E-state index in [0.717, 1.165) is 16.9 Å². The second kappa shape index (κ2) is 8.99. The molecule has 0 spiro atoms. The Bertz CT molecular complexity index is 1050. The van der Waals surface area contributed by atoms with E-state index in [2.05, 4.69) is 10.1 Å². The van der Waals surface area contributed by atoms with Crippen LogP contribution >= 0.6 is 0 Å². The van der Waals surface area contributed by atoms with Crippen molar-refractivity contribution in [1.29, 1.82) is 0 Å². The summed E-state index contributed by atoms with van der Waals surface area (Å²) in [6, 6.07) is 11.7. The fourth-order valence-corrected chi connectivity index (χ4v) is 3.47. The van der Waals surface area contributed by atoms with Gasteiger partial charge < -0.3 is 14.5 Å². The monoisotopic (exact) mass is 419 g/mol. The van der Waals surface area contributed by atoms with Crippen molar-refractivity contribution >= 4 is 12.0 Å². The van der Waals surface area contributed by atoms with Crippen LogP contribution in [-0.4, -0.2) is 69.4 Å². The van der Waals surface area contributed by atoms with Crippen molar-refractivity contribution in [2.24, 2.45) is 0 Å². The summed E-state index contributed by atoms with van der Waals surface area (Å²) < 4.78 is 6.82. The van der Waals surface area contributed by atoms with E-state index < -0.39 is 0 Å². The number of carbonyl (C=O) groups is 2. The van der Waals surface area contributed by atoms with Crippen molar-refractivity contribution in [3.8, 4) is 16.9 Å². The highest BCUT2D eigenvalue weighted by Gasteiger charge is 2.25. The molecule has 8 nitrogen and oxygen atoms in total. The molecule has 1 fully saturated rings. The maximum absolute atomic E-state index is 12.8. The molecule has 4 rings (SSSR count). The Morgan fingerprint density at radius 1 is 0.968 bits per heavy atom. The normalized spacial score (nSPS) is 13.9. The first kappa shape index (κ1) is 20.6. The van der Waals surface area contributed by atoms with Crippen LogP contribution in [0.4, 0.5) is 4.79 Å². The number of rotatable bonds is 4. The lowest BCUT2D eigenvalue weighted by molar-refractivity contribution is 0.0570. The lowest BCUT2D eigenvalue weighted by atomic mass is 10.1. The smallest absolute Gasteiger partial charge is 0.409 e. The third-order valence-electron chi connectivity index (χ3n) is 5.28. The van der Waals surface area contributed by atoms with Gasteiger partial charge in [-0.15, -0.1) is 0 Å². The Morgan fingerprint density at radius 2 is 1.68 bits per heavy atom. The lowest BCUT2D eigenvalue weighted by Crippen LogP contribution is -2.50. The maximum Gasteiger partial charge on any atom is 0.409 e. The summed E-state index contributed by atoms with van der Waals surface area (Å²) in [6.07, 6.45) is 4.95. The fourth-order valence-electron chi connectivity index (χ4n) is 3.47. The molecule has 3 aromatic rings. The van der Waals surface area contributed by atoms with E-state index in [1.165, 1.54) is 5.56 Å². The van der Waals surface area contributed by atoms with E-state index in [1.54, 1.807) is 39.9 Å². The number of amides is 2. The second-order valence-electron chi connectivity index (χ2n) is 7.42. The molecule has 2 aromatic heterocycles. The minimum absolute atomic E-state index is 0.0853. The minimum atomic E-state index is -0.327. The molecule has 1 aliphatic heterocycles. The quantitative estimate of drug-likeness (QED) is 0.649. The summed E-state index contributed by atoms with van der Waals surface area (Å²) in [5.41, 5.74) is 4.33. The summed E-state index contributed by atoms with van der Waals surface area (Å²) in [7, 11) is 0. The molecule has 2 amide bonds. The Labute approximate surface area is 181 Å². The number of aryl methyl sites for hydroxylation is 1. The number of carbonyl (C=O) groups excluding carboxylic acids is 2. The van der Waals surface area contributed by atoms with Gasteiger partial charge in [0, 0.05) is 44.1 Å². The zero-order valence-corrected chi connectivity index (χ0v) is 17.7. The summed E-state index contributed by atoms with van der Waals surface area (Å²) >= 11 is 0. The molecule has 0 saturated carbocycles. The molecule has 3 heterocycles. The molecule has 0 N–H and O–H groups in total. The van der Waals surface area contributed by atoms with E-state index in [1.807, 2.05) is 43.5 Å². The van der Waals surface area contributed by atoms with Gasteiger partial charge in [0.1, 0.15) is 0 Å². The molecule has 0 atom stereocenters. The van der Waals surface area contributed by atoms with Gasteiger partial charge in [0.25, 0.3) is 5.91 Å². The van der Waals surface area contributed by atoms with Crippen molar-refractivity contribution < 1.29 is 14.3 Å². The molecule has 31 heavy (non-hydrogen) atoms. The number of benzene rings is 1. The molecule has 160 valence electrons. The van der Waals surface area contributed by atoms with Crippen LogP contribution in [0.5, 0.6) is 0 Å². The molecule has 0 bridgehead atoms. The fraction of sp³-hybridized carbons (Fsp3) is 0.304. The van der Waals surface area contributed by atoms with Gasteiger partial charge in [0.15, 0.2) is 0 Å². The number of nitrogens with zero attached hydrogens (tertiary/aromatic N) is 5. The van der Waals surface area contributed by atoms with Gasteiger partial charge in [-0.05, 0) is 38.1 Å². The van der Waals surface area contributed by atoms with Gasteiger partial charge in [-0.3, -0.25) is 9.78 Å². The Kier molecular flexibility index (Phi) is 5.97. The zero-order valence-electron chi connectivity index (χ0n) is 17.7. The van der Waals surface area contributed by atoms with Gasteiger partial charge in [-0.2, -0.15) is 5.10 Å². The molecular weight excluding hydrogens is 394 g/mol. The SMILES string of the molecule is CCOC(=O)N1CCN(C(=O)c2ccc(-c3cnn(-c4ccc(C)cc4)c3)nc2)CC1. The summed E-state index contributed by atoms with van der Waals surface area (Å²) in [5, 5.41) is 4.42. The largest absolute Gasteiger partial charge is 0.450 e. The van der Waals surface area contributed by atoms with Crippen molar-refractivity contribution in [2.45, 2.75) is 13.8 Å². The van der Waals surface area contributed by atoms with Gasteiger partial charge in [-0.25, -0.2) is 9.48 Å². The summed E-state index contributed by atoms with van der Waals surface area (Å²) in [5.74, 6) is -0.0853. The predicted octanol–water partition coefficient (Wildman–Crippen LogP) is 3.16. The first-order chi connectivity index (χ1) is 15.0. The number of pyridine rings is 1. The molecule has 1 aromatic carbocycles. The van der Waals surface area contributed by atoms with Crippen LogP contribution in [0.3, 0.4) is 0 Å². The van der Waals surface area contributed by atoms with E-state index in [4.69, 9.17) is 4.74 Å². The first-order valence-corrected chi connectivity index (χ1v) is 10.3. The highest BCUT2D eigenvalue weighted by molar-refractivity contribution is 5.94. The molecule has 0 radical (unpaired) electrons. The standard InChI is InChI=1S/C23H25N5O3/c1-3-31-23(30)27-12-10-26(11-13-27)22(29)18-6-9-21(24-14-18)19-15-25-28(16-19)20-7-4-17(2)5-8-20/h4-9,14-16H,3,10-13H2,1-2H3. The first-order valence-electron chi connectivity index (χ1n) is 10.3. The number of piperazine rings is 1. The lowest BCUT2D eigenvalue weighted by Gasteiger charge is -2.34. The van der Waals surface area contributed by atoms with Gasteiger partial charge in [0.2, 0.25) is 0 Å². The molecule has 1 aliphatic rings. The molecular formula is C23H25N5O3. The van der Waals surface area contributed by atoms with Gasteiger partial charge >= 0.3 is 6.09 Å². The number of hydrogen-bond acceptors (Lipinski definition) is 5. The average molecular weight is 419 g/mol. The number of hydrogen-bond donors (Lipinski definition) is 0. The molecule has 0 aliphatic carbocycles. The third-order valence-corrected chi connectivity index (χ3v) is 5.28. The Hall–Kier alpha value is -3.68. The topological polar surface area (TPSA) is 80.6 Å². The highest BCUT2D eigenvalue weighted by Crippen LogP contribution is 2.19. The van der Waals surface area contributed by atoms with Gasteiger partial charge in [0.05, 0.1) is 29.7 Å².